The summed E-state index contributed by atoms with van der Waals surface area (Å²) in [4.78, 5) is 21.7. The van der Waals surface area contributed by atoms with E-state index >= 15 is 0 Å². The van der Waals surface area contributed by atoms with Gasteiger partial charge >= 0.3 is 12.1 Å². The maximum Gasteiger partial charge on any atom is 0.407 e. The van der Waals surface area contributed by atoms with Crippen molar-refractivity contribution >= 4 is 12.1 Å². The molecule has 0 bridgehead atoms. The highest BCUT2D eigenvalue weighted by Crippen LogP contribution is 2.06. The second kappa shape index (κ2) is 6.09. The molecule has 0 radical (unpaired) electrons. The monoisotopic (exact) mass is 233 g/mol. The Morgan fingerprint density at radius 2 is 1.94 bits per heavy atom. The summed E-state index contributed by atoms with van der Waals surface area (Å²) in [5.41, 5.74) is -0.616. The van der Waals surface area contributed by atoms with Gasteiger partial charge in [-0.1, -0.05) is 0 Å². The Kier molecular flexibility index (Phi) is 5.49. The van der Waals surface area contributed by atoms with Crippen LogP contribution in [-0.4, -0.2) is 31.3 Å². The number of carbonyl (C=O) groups is 2. The van der Waals surface area contributed by atoms with Crippen LogP contribution in [0, 0.1) is 0 Å². The molecule has 92 valence electrons. The van der Waals surface area contributed by atoms with Crippen molar-refractivity contribution in [3.05, 3.63) is 11.9 Å². The molecule has 0 unspecified atom stereocenters. The van der Waals surface area contributed by atoms with Gasteiger partial charge < -0.3 is 14.8 Å². The fourth-order valence-corrected chi connectivity index (χ4v) is 0.719. The zero-order valence-corrected chi connectivity index (χ0v) is 9.80. The number of halogens is 1. The van der Waals surface area contributed by atoms with Crippen LogP contribution in [-0.2, 0) is 14.3 Å². The van der Waals surface area contributed by atoms with Gasteiger partial charge in [-0.05, 0) is 26.8 Å². The number of alkyl carbamates (subject to hydrolysis) is 1. The molecule has 6 heteroatoms. The minimum Gasteiger partial charge on any atom is -0.464 e. The van der Waals surface area contributed by atoms with E-state index in [1.807, 2.05) is 0 Å². The number of carbonyl (C=O) groups excluding carboxylic acids is 2. The molecule has 0 saturated carbocycles. The first kappa shape index (κ1) is 14.4. The molecule has 1 amide bonds. The smallest absolute Gasteiger partial charge is 0.407 e. The Balaban J connectivity index is 3.99. The van der Waals surface area contributed by atoms with E-state index in [0.29, 0.717) is 0 Å². The van der Waals surface area contributed by atoms with Crippen LogP contribution in [0.4, 0.5) is 9.18 Å². The first-order valence-electron chi connectivity index (χ1n) is 4.67. The van der Waals surface area contributed by atoms with E-state index < -0.39 is 23.5 Å². The summed E-state index contributed by atoms with van der Waals surface area (Å²) in [6.07, 6.45) is 0.219. The summed E-state index contributed by atoms with van der Waals surface area (Å²) in [6.45, 7) is 4.97. The number of hydrogen-bond donors (Lipinski definition) is 1. The SMILES string of the molecule is COC(=O)/C(F)=C/CNC(=O)OC(C)(C)C. The number of nitrogens with one attached hydrogen (secondary N) is 1. The molecule has 0 aromatic heterocycles. The topological polar surface area (TPSA) is 64.6 Å². The molecular formula is C10H16FNO4. The van der Waals surface area contributed by atoms with Crippen molar-refractivity contribution in [3.63, 3.8) is 0 Å². The van der Waals surface area contributed by atoms with E-state index in [2.05, 4.69) is 10.1 Å². The third-order valence-corrected chi connectivity index (χ3v) is 1.31. The molecule has 0 atom stereocenters. The summed E-state index contributed by atoms with van der Waals surface area (Å²) >= 11 is 0. The minimum atomic E-state index is -1.08. The van der Waals surface area contributed by atoms with E-state index in [4.69, 9.17) is 4.74 Å². The highest BCUT2D eigenvalue weighted by atomic mass is 19.1. The first-order chi connectivity index (χ1) is 7.26. The summed E-state index contributed by atoms with van der Waals surface area (Å²) in [7, 11) is 1.07. The largest absolute Gasteiger partial charge is 0.464 e. The van der Waals surface area contributed by atoms with Crippen molar-refractivity contribution in [3.8, 4) is 0 Å². The average molecular weight is 233 g/mol. The van der Waals surface area contributed by atoms with Gasteiger partial charge in [-0.2, -0.15) is 4.39 Å². The second-order valence-corrected chi connectivity index (χ2v) is 3.93. The van der Waals surface area contributed by atoms with E-state index in [0.717, 1.165) is 13.2 Å². The number of methoxy groups -OCH3 is 1. The average Bonchev–Trinajstić information content (AvgIpc) is 2.13. The van der Waals surface area contributed by atoms with Crippen LogP contribution in [0.3, 0.4) is 0 Å². The van der Waals surface area contributed by atoms with Crippen molar-refractivity contribution < 1.29 is 23.5 Å². The zero-order chi connectivity index (χ0) is 12.8. The molecule has 0 fully saturated rings. The Hall–Kier alpha value is -1.59. The lowest BCUT2D eigenvalue weighted by Crippen LogP contribution is -2.32. The van der Waals surface area contributed by atoms with Gasteiger partial charge in [0.15, 0.2) is 0 Å². The van der Waals surface area contributed by atoms with Gasteiger partial charge in [0.2, 0.25) is 5.83 Å². The molecule has 16 heavy (non-hydrogen) atoms. The van der Waals surface area contributed by atoms with Gasteiger partial charge in [-0.25, -0.2) is 9.59 Å². The molecule has 0 rings (SSSR count). The lowest BCUT2D eigenvalue weighted by atomic mass is 10.2. The van der Waals surface area contributed by atoms with Crippen molar-refractivity contribution in [2.75, 3.05) is 13.7 Å². The van der Waals surface area contributed by atoms with Gasteiger partial charge in [0.25, 0.3) is 0 Å². The van der Waals surface area contributed by atoms with Crippen molar-refractivity contribution in [2.45, 2.75) is 26.4 Å². The molecule has 0 aliphatic rings. The summed E-state index contributed by atoms with van der Waals surface area (Å²) < 4.78 is 21.8. The van der Waals surface area contributed by atoms with Crippen LogP contribution in [0.1, 0.15) is 20.8 Å². The van der Waals surface area contributed by atoms with E-state index in [1.165, 1.54) is 0 Å². The lowest BCUT2D eigenvalue weighted by Gasteiger charge is -2.19. The molecule has 0 aliphatic carbocycles. The maximum atomic E-state index is 12.8. The van der Waals surface area contributed by atoms with Crippen LogP contribution in [0.5, 0.6) is 0 Å². The van der Waals surface area contributed by atoms with E-state index in [-0.39, 0.29) is 6.54 Å². The highest BCUT2D eigenvalue weighted by Gasteiger charge is 2.15. The maximum absolute atomic E-state index is 12.8. The molecule has 0 aromatic carbocycles. The van der Waals surface area contributed by atoms with E-state index in [1.54, 1.807) is 20.8 Å². The standard InChI is InChI=1S/C10H16FNO4/c1-10(2,3)16-9(14)12-6-5-7(11)8(13)15-4/h5H,6H2,1-4H3,(H,12,14)/b7-5-. The van der Waals surface area contributed by atoms with Crippen LogP contribution in [0.15, 0.2) is 11.9 Å². The minimum absolute atomic E-state index is 0.143. The van der Waals surface area contributed by atoms with E-state index in [9.17, 15) is 14.0 Å². The first-order valence-corrected chi connectivity index (χ1v) is 4.67. The Morgan fingerprint density at radius 1 is 1.38 bits per heavy atom. The Bertz CT molecular complexity index is 294. The molecule has 0 heterocycles. The van der Waals surface area contributed by atoms with Gasteiger partial charge in [0, 0.05) is 6.54 Å². The van der Waals surface area contributed by atoms with Crippen molar-refractivity contribution in [2.24, 2.45) is 0 Å². The molecule has 0 aromatic rings. The van der Waals surface area contributed by atoms with Crippen LogP contribution >= 0.6 is 0 Å². The molecule has 1 N–H and O–H groups in total. The number of rotatable bonds is 3. The third-order valence-electron chi connectivity index (χ3n) is 1.31. The summed E-state index contributed by atoms with van der Waals surface area (Å²) in [6, 6.07) is 0. The fraction of sp³-hybridized carbons (Fsp3) is 0.600. The Morgan fingerprint density at radius 3 is 2.38 bits per heavy atom. The van der Waals surface area contributed by atoms with Crippen LogP contribution in [0.25, 0.3) is 0 Å². The van der Waals surface area contributed by atoms with Gasteiger partial charge in [0.1, 0.15) is 5.60 Å². The molecular weight excluding hydrogens is 217 g/mol. The van der Waals surface area contributed by atoms with Gasteiger partial charge in [0.05, 0.1) is 7.11 Å². The van der Waals surface area contributed by atoms with Crippen LogP contribution < -0.4 is 5.32 Å². The molecule has 5 nitrogen and oxygen atoms in total. The van der Waals surface area contributed by atoms with Gasteiger partial charge in [-0.15, -0.1) is 0 Å². The normalized spacial score (nSPS) is 11.9. The highest BCUT2D eigenvalue weighted by molar-refractivity contribution is 5.85. The molecule has 0 aliphatic heterocycles. The number of esters is 1. The lowest BCUT2D eigenvalue weighted by molar-refractivity contribution is -0.137. The third kappa shape index (κ3) is 6.80. The predicted molar refractivity (Wildman–Crippen MR) is 55.4 cm³/mol. The number of hydrogen-bond acceptors (Lipinski definition) is 4. The quantitative estimate of drug-likeness (QED) is 0.593. The molecule has 0 spiro atoms. The second-order valence-electron chi connectivity index (χ2n) is 3.93. The predicted octanol–water partition coefficient (Wildman–Crippen LogP) is 1.54. The number of ether oxygens (including phenoxy) is 2. The summed E-state index contributed by atoms with van der Waals surface area (Å²) in [5.74, 6) is -2.13. The van der Waals surface area contributed by atoms with Crippen molar-refractivity contribution in [1.82, 2.24) is 5.32 Å². The number of amides is 1. The van der Waals surface area contributed by atoms with Crippen molar-refractivity contribution in [1.29, 1.82) is 0 Å². The molecule has 0 saturated heterocycles. The zero-order valence-electron chi connectivity index (χ0n) is 9.80. The Labute approximate surface area is 93.6 Å². The van der Waals surface area contributed by atoms with Crippen LogP contribution in [0.2, 0.25) is 0 Å². The summed E-state index contributed by atoms with van der Waals surface area (Å²) in [5, 5.41) is 2.26. The fourth-order valence-electron chi connectivity index (χ4n) is 0.719. The van der Waals surface area contributed by atoms with Gasteiger partial charge in [-0.3, -0.25) is 0 Å².